The van der Waals surface area contributed by atoms with Crippen LogP contribution in [0.1, 0.15) is 12.7 Å². The van der Waals surface area contributed by atoms with Crippen LogP contribution in [0.4, 0.5) is 13.2 Å². The molecule has 6 heteroatoms. The smallest absolute Gasteiger partial charge is 0.325 e. The van der Waals surface area contributed by atoms with Crippen molar-refractivity contribution < 1.29 is 13.2 Å². The fourth-order valence-corrected chi connectivity index (χ4v) is 1.52. The van der Waals surface area contributed by atoms with Crippen molar-refractivity contribution in [3.05, 3.63) is 18.2 Å². The Kier molecular flexibility index (Phi) is 5.47. The zero-order valence-electron chi connectivity index (χ0n) is 10.5. The van der Waals surface area contributed by atoms with Crippen LogP contribution in [0.3, 0.4) is 0 Å². The fourth-order valence-electron chi connectivity index (χ4n) is 1.52. The van der Waals surface area contributed by atoms with Gasteiger partial charge in [-0.15, -0.1) is 12.3 Å². The van der Waals surface area contributed by atoms with E-state index in [1.807, 2.05) is 0 Å². The molecule has 0 spiro atoms. The van der Waals surface area contributed by atoms with Gasteiger partial charge < -0.3 is 4.57 Å². The SMILES string of the molecule is C#CCN(CC#CC)Cc1nccn1CC(F)(F)F. The van der Waals surface area contributed by atoms with Gasteiger partial charge in [0.15, 0.2) is 0 Å². The molecule has 0 aliphatic heterocycles. The predicted molar refractivity (Wildman–Crippen MR) is 65.8 cm³/mol. The molecule has 0 saturated heterocycles. The number of aromatic nitrogens is 2. The number of rotatable bonds is 5. The number of nitrogens with zero attached hydrogens (tertiary/aromatic N) is 3. The van der Waals surface area contributed by atoms with Crippen LogP contribution in [0.2, 0.25) is 0 Å². The van der Waals surface area contributed by atoms with Crippen LogP contribution >= 0.6 is 0 Å². The van der Waals surface area contributed by atoms with Crippen molar-refractivity contribution in [2.45, 2.75) is 26.2 Å². The van der Waals surface area contributed by atoms with Gasteiger partial charge in [0.1, 0.15) is 12.4 Å². The molecule has 0 atom stereocenters. The summed E-state index contributed by atoms with van der Waals surface area (Å²) in [5.41, 5.74) is 0. The zero-order chi connectivity index (χ0) is 14.3. The monoisotopic (exact) mass is 269 g/mol. The lowest BCUT2D eigenvalue weighted by Crippen LogP contribution is -2.27. The molecule has 0 unspecified atom stereocenters. The first kappa shape index (κ1) is 15.1. The van der Waals surface area contributed by atoms with E-state index >= 15 is 0 Å². The molecule has 1 aromatic rings. The molecule has 0 aromatic carbocycles. The van der Waals surface area contributed by atoms with Crippen molar-refractivity contribution in [3.63, 3.8) is 0 Å². The Labute approximate surface area is 110 Å². The van der Waals surface area contributed by atoms with Gasteiger partial charge in [0.2, 0.25) is 0 Å². The van der Waals surface area contributed by atoms with Crippen LogP contribution in [0.25, 0.3) is 0 Å². The van der Waals surface area contributed by atoms with Gasteiger partial charge >= 0.3 is 6.18 Å². The maximum absolute atomic E-state index is 12.4. The normalized spacial score (nSPS) is 10.9. The summed E-state index contributed by atoms with van der Waals surface area (Å²) in [6.07, 6.45) is 3.61. The van der Waals surface area contributed by atoms with Crippen molar-refractivity contribution in [1.29, 1.82) is 0 Å². The summed E-state index contributed by atoms with van der Waals surface area (Å²) in [5, 5.41) is 0. The molecule has 0 amide bonds. The number of terminal acetylenes is 1. The van der Waals surface area contributed by atoms with Crippen LogP contribution in [-0.2, 0) is 13.1 Å². The number of hydrogen-bond donors (Lipinski definition) is 0. The zero-order valence-corrected chi connectivity index (χ0v) is 10.5. The molecule has 3 nitrogen and oxygen atoms in total. The summed E-state index contributed by atoms with van der Waals surface area (Å²) in [6.45, 7) is 1.60. The fraction of sp³-hybridized carbons (Fsp3) is 0.462. The van der Waals surface area contributed by atoms with E-state index in [1.165, 1.54) is 12.4 Å². The summed E-state index contributed by atoms with van der Waals surface area (Å²) in [6, 6.07) is 0. The van der Waals surface area contributed by atoms with E-state index in [9.17, 15) is 13.2 Å². The minimum absolute atomic E-state index is 0.238. The highest BCUT2D eigenvalue weighted by molar-refractivity contribution is 5.02. The topological polar surface area (TPSA) is 21.1 Å². The van der Waals surface area contributed by atoms with E-state index in [-0.39, 0.29) is 6.54 Å². The second-order valence-electron chi connectivity index (χ2n) is 3.86. The molecule has 0 bridgehead atoms. The van der Waals surface area contributed by atoms with Crippen LogP contribution in [0.15, 0.2) is 12.4 Å². The van der Waals surface area contributed by atoms with E-state index in [0.717, 1.165) is 4.57 Å². The molecule has 102 valence electrons. The van der Waals surface area contributed by atoms with Gasteiger partial charge in [-0.05, 0) is 6.92 Å². The molecule has 0 fully saturated rings. The second kappa shape index (κ2) is 6.86. The standard InChI is InChI=1S/C13H14F3N3/c1-3-5-8-18(7-4-2)10-12-17-6-9-19(12)11-13(14,15)16/h2,6,9H,7-8,10-11H2,1H3. The summed E-state index contributed by atoms with van der Waals surface area (Å²) in [4.78, 5) is 5.69. The number of alkyl halides is 3. The Bertz CT molecular complexity index is 500. The molecule has 19 heavy (non-hydrogen) atoms. The van der Waals surface area contributed by atoms with E-state index in [4.69, 9.17) is 6.42 Å². The number of halogens is 3. The van der Waals surface area contributed by atoms with E-state index < -0.39 is 12.7 Å². The third-order valence-corrected chi connectivity index (χ3v) is 2.31. The molecule has 1 heterocycles. The minimum Gasteiger partial charge on any atom is -0.325 e. The van der Waals surface area contributed by atoms with Crippen molar-refractivity contribution in [3.8, 4) is 24.2 Å². The predicted octanol–water partition coefficient (Wildman–Crippen LogP) is 1.90. The van der Waals surface area contributed by atoms with Crippen LogP contribution in [-0.4, -0.2) is 33.7 Å². The lowest BCUT2D eigenvalue weighted by molar-refractivity contribution is -0.141. The Hall–Kier alpha value is -1.92. The van der Waals surface area contributed by atoms with E-state index in [0.29, 0.717) is 18.9 Å². The minimum atomic E-state index is -4.27. The first-order chi connectivity index (χ1) is 8.96. The lowest BCUT2D eigenvalue weighted by atomic mass is 10.4. The maximum Gasteiger partial charge on any atom is 0.406 e. The van der Waals surface area contributed by atoms with Crippen molar-refractivity contribution >= 4 is 0 Å². The molecule has 1 aromatic heterocycles. The van der Waals surface area contributed by atoms with Crippen LogP contribution < -0.4 is 0 Å². The van der Waals surface area contributed by atoms with Gasteiger partial charge in [0.25, 0.3) is 0 Å². The highest BCUT2D eigenvalue weighted by Crippen LogP contribution is 2.18. The third-order valence-electron chi connectivity index (χ3n) is 2.31. The molecule has 0 saturated carbocycles. The van der Waals surface area contributed by atoms with Gasteiger partial charge in [-0.25, -0.2) is 4.98 Å². The van der Waals surface area contributed by atoms with Gasteiger partial charge in [0, 0.05) is 12.4 Å². The molecule has 0 radical (unpaired) electrons. The van der Waals surface area contributed by atoms with Gasteiger partial charge in [0.05, 0.1) is 19.6 Å². The Morgan fingerprint density at radius 2 is 2.16 bits per heavy atom. The molecule has 0 aliphatic rings. The van der Waals surface area contributed by atoms with E-state index in [2.05, 4.69) is 22.7 Å². The first-order valence-electron chi connectivity index (χ1n) is 5.58. The molecular weight excluding hydrogens is 255 g/mol. The number of hydrogen-bond acceptors (Lipinski definition) is 2. The van der Waals surface area contributed by atoms with Gasteiger partial charge in [-0.1, -0.05) is 11.8 Å². The largest absolute Gasteiger partial charge is 0.406 e. The summed E-state index contributed by atoms with van der Waals surface area (Å²) in [7, 11) is 0. The summed E-state index contributed by atoms with van der Waals surface area (Å²) in [5.74, 6) is 8.34. The maximum atomic E-state index is 12.4. The highest BCUT2D eigenvalue weighted by atomic mass is 19.4. The van der Waals surface area contributed by atoms with Gasteiger partial charge in [-0.2, -0.15) is 13.2 Å². The number of imidazole rings is 1. The molecule has 1 rings (SSSR count). The molecular formula is C13H14F3N3. The van der Waals surface area contributed by atoms with Crippen molar-refractivity contribution in [2.75, 3.05) is 13.1 Å². The van der Waals surface area contributed by atoms with Crippen LogP contribution in [0.5, 0.6) is 0 Å². The van der Waals surface area contributed by atoms with E-state index in [1.54, 1.807) is 11.8 Å². The molecule has 0 N–H and O–H groups in total. The summed E-state index contributed by atoms with van der Waals surface area (Å²) >= 11 is 0. The quantitative estimate of drug-likeness (QED) is 0.761. The summed E-state index contributed by atoms with van der Waals surface area (Å²) < 4.78 is 38.2. The Morgan fingerprint density at radius 1 is 1.42 bits per heavy atom. The van der Waals surface area contributed by atoms with Crippen molar-refractivity contribution in [2.24, 2.45) is 0 Å². The lowest BCUT2D eigenvalue weighted by Gasteiger charge is -2.18. The Morgan fingerprint density at radius 3 is 2.74 bits per heavy atom. The van der Waals surface area contributed by atoms with Crippen LogP contribution in [0, 0.1) is 24.2 Å². The second-order valence-corrected chi connectivity index (χ2v) is 3.86. The Balaban J connectivity index is 2.76. The third kappa shape index (κ3) is 5.50. The average Bonchev–Trinajstić information content (AvgIpc) is 2.71. The molecule has 0 aliphatic carbocycles. The van der Waals surface area contributed by atoms with Gasteiger partial charge in [-0.3, -0.25) is 4.90 Å². The highest BCUT2D eigenvalue weighted by Gasteiger charge is 2.28. The first-order valence-corrected chi connectivity index (χ1v) is 5.58. The average molecular weight is 269 g/mol. The van der Waals surface area contributed by atoms with Crippen molar-refractivity contribution in [1.82, 2.24) is 14.5 Å².